The van der Waals surface area contributed by atoms with E-state index in [2.05, 4.69) is 15.9 Å². The maximum Gasteiger partial charge on any atom is 0.185 e. The van der Waals surface area contributed by atoms with E-state index in [1.165, 1.54) is 0 Å². The standard InChI is InChI=1S/C19H14BrNO/c20-18-9-2-1-6-15(18)10-11-19(22)16-7-5-8-17(14-16)21-12-3-4-13-21/h1-14H/b11-10+. The Morgan fingerprint density at radius 2 is 1.73 bits per heavy atom. The van der Waals surface area contributed by atoms with E-state index in [-0.39, 0.29) is 5.78 Å². The van der Waals surface area contributed by atoms with Crippen LogP contribution in [0.2, 0.25) is 0 Å². The number of hydrogen-bond donors (Lipinski definition) is 0. The number of ketones is 1. The van der Waals surface area contributed by atoms with Crippen molar-refractivity contribution in [2.45, 2.75) is 0 Å². The summed E-state index contributed by atoms with van der Waals surface area (Å²) < 4.78 is 2.95. The second kappa shape index (κ2) is 6.58. The highest BCUT2D eigenvalue weighted by molar-refractivity contribution is 9.10. The van der Waals surface area contributed by atoms with Crippen molar-refractivity contribution < 1.29 is 4.79 Å². The van der Waals surface area contributed by atoms with E-state index >= 15 is 0 Å². The molecule has 0 radical (unpaired) electrons. The fourth-order valence-corrected chi connectivity index (χ4v) is 2.62. The van der Waals surface area contributed by atoms with Gasteiger partial charge in [-0.05, 0) is 48.0 Å². The molecule has 0 amide bonds. The fourth-order valence-electron chi connectivity index (χ4n) is 2.20. The molecule has 108 valence electrons. The van der Waals surface area contributed by atoms with Crippen LogP contribution in [0.25, 0.3) is 11.8 Å². The van der Waals surface area contributed by atoms with Crippen LogP contribution in [0.3, 0.4) is 0 Å². The van der Waals surface area contributed by atoms with Gasteiger partial charge in [-0.15, -0.1) is 0 Å². The van der Waals surface area contributed by atoms with Crippen molar-refractivity contribution in [2.24, 2.45) is 0 Å². The average molecular weight is 352 g/mol. The van der Waals surface area contributed by atoms with E-state index in [1.807, 2.05) is 83.7 Å². The molecular weight excluding hydrogens is 338 g/mol. The van der Waals surface area contributed by atoms with Crippen LogP contribution in [0, 0.1) is 0 Å². The van der Waals surface area contributed by atoms with Gasteiger partial charge >= 0.3 is 0 Å². The Labute approximate surface area is 137 Å². The molecule has 0 unspecified atom stereocenters. The number of hydrogen-bond acceptors (Lipinski definition) is 1. The highest BCUT2D eigenvalue weighted by Gasteiger charge is 2.04. The Kier molecular flexibility index (Phi) is 4.35. The van der Waals surface area contributed by atoms with Crippen LogP contribution in [0.1, 0.15) is 15.9 Å². The van der Waals surface area contributed by atoms with Gasteiger partial charge in [0.2, 0.25) is 0 Å². The van der Waals surface area contributed by atoms with Crippen LogP contribution in [-0.2, 0) is 0 Å². The Morgan fingerprint density at radius 1 is 0.955 bits per heavy atom. The lowest BCUT2D eigenvalue weighted by molar-refractivity contribution is 0.104. The molecule has 3 rings (SSSR count). The van der Waals surface area contributed by atoms with Crippen LogP contribution < -0.4 is 0 Å². The topological polar surface area (TPSA) is 22.0 Å². The van der Waals surface area contributed by atoms with Crippen LogP contribution >= 0.6 is 15.9 Å². The number of carbonyl (C=O) groups is 1. The van der Waals surface area contributed by atoms with E-state index in [1.54, 1.807) is 6.08 Å². The maximum atomic E-state index is 12.3. The molecule has 3 aromatic rings. The molecule has 2 nitrogen and oxygen atoms in total. The maximum absolute atomic E-state index is 12.3. The van der Waals surface area contributed by atoms with Gasteiger partial charge in [-0.25, -0.2) is 0 Å². The third-order valence-corrected chi connectivity index (χ3v) is 4.07. The van der Waals surface area contributed by atoms with Gasteiger partial charge in [0.1, 0.15) is 0 Å². The van der Waals surface area contributed by atoms with Gasteiger partial charge in [0.15, 0.2) is 5.78 Å². The molecule has 0 fully saturated rings. The zero-order valence-electron chi connectivity index (χ0n) is 11.8. The number of aromatic nitrogens is 1. The number of carbonyl (C=O) groups excluding carboxylic acids is 1. The van der Waals surface area contributed by atoms with Crippen molar-refractivity contribution in [3.63, 3.8) is 0 Å². The average Bonchev–Trinajstić information content (AvgIpc) is 3.08. The molecule has 0 aliphatic heterocycles. The second-order valence-electron chi connectivity index (χ2n) is 4.86. The van der Waals surface area contributed by atoms with E-state index in [0.717, 1.165) is 15.7 Å². The monoisotopic (exact) mass is 351 g/mol. The first-order valence-corrected chi connectivity index (χ1v) is 7.74. The van der Waals surface area contributed by atoms with E-state index in [0.29, 0.717) is 5.56 Å². The summed E-state index contributed by atoms with van der Waals surface area (Å²) in [5.41, 5.74) is 2.64. The highest BCUT2D eigenvalue weighted by Crippen LogP contribution is 2.18. The Morgan fingerprint density at radius 3 is 2.50 bits per heavy atom. The van der Waals surface area contributed by atoms with Gasteiger partial charge in [0.05, 0.1) is 0 Å². The van der Waals surface area contributed by atoms with E-state index < -0.39 is 0 Å². The molecule has 1 aromatic heterocycles. The number of halogens is 1. The first-order chi connectivity index (χ1) is 10.7. The van der Waals surface area contributed by atoms with Crippen LogP contribution in [-0.4, -0.2) is 10.4 Å². The van der Waals surface area contributed by atoms with Crippen molar-refractivity contribution in [2.75, 3.05) is 0 Å². The molecule has 2 aromatic carbocycles. The summed E-state index contributed by atoms with van der Waals surface area (Å²) in [4.78, 5) is 12.3. The smallest absolute Gasteiger partial charge is 0.185 e. The Hall–Kier alpha value is -2.39. The zero-order valence-corrected chi connectivity index (χ0v) is 13.4. The van der Waals surface area contributed by atoms with Crippen molar-refractivity contribution in [3.05, 3.63) is 94.7 Å². The normalized spacial score (nSPS) is 11.0. The second-order valence-corrected chi connectivity index (χ2v) is 5.71. The summed E-state index contributed by atoms with van der Waals surface area (Å²) in [6, 6.07) is 19.3. The molecule has 0 spiro atoms. The lowest BCUT2D eigenvalue weighted by Crippen LogP contribution is -1.97. The van der Waals surface area contributed by atoms with Gasteiger partial charge in [-0.3, -0.25) is 4.79 Å². The molecule has 1 heterocycles. The zero-order chi connectivity index (χ0) is 15.4. The lowest BCUT2D eigenvalue weighted by Gasteiger charge is -2.04. The molecule has 0 saturated heterocycles. The van der Waals surface area contributed by atoms with Gasteiger partial charge in [-0.1, -0.05) is 46.3 Å². The van der Waals surface area contributed by atoms with Crippen LogP contribution in [0.15, 0.2) is 83.6 Å². The summed E-state index contributed by atoms with van der Waals surface area (Å²) >= 11 is 3.47. The quantitative estimate of drug-likeness (QED) is 0.471. The number of benzene rings is 2. The minimum atomic E-state index is -0.00948. The van der Waals surface area contributed by atoms with Crippen molar-refractivity contribution in [3.8, 4) is 5.69 Å². The van der Waals surface area contributed by atoms with Gasteiger partial charge < -0.3 is 4.57 Å². The van der Waals surface area contributed by atoms with Crippen LogP contribution in [0.5, 0.6) is 0 Å². The summed E-state index contributed by atoms with van der Waals surface area (Å²) in [7, 11) is 0. The first kappa shape index (κ1) is 14.5. The van der Waals surface area contributed by atoms with Gasteiger partial charge in [-0.2, -0.15) is 0 Å². The molecule has 0 N–H and O–H groups in total. The Balaban J connectivity index is 1.84. The number of rotatable bonds is 4. The summed E-state index contributed by atoms with van der Waals surface area (Å²) in [5, 5.41) is 0. The summed E-state index contributed by atoms with van der Waals surface area (Å²) in [5.74, 6) is -0.00948. The van der Waals surface area contributed by atoms with E-state index in [4.69, 9.17) is 0 Å². The van der Waals surface area contributed by atoms with Crippen molar-refractivity contribution in [1.82, 2.24) is 4.57 Å². The third kappa shape index (κ3) is 3.26. The molecular formula is C19H14BrNO. The molecule has 0 aliphatic rings. The predicted octanol–water partition coefficient (Wildman–Crippen LogP) is 5.14. The van der Waals surface area contributed by atoms with Crippen LogP contribution in [0.4, 0.5) is 0 Å². The fraction of sp³-hybridized carbons (Fsp3) is 0. The molecule has 0 saturated carbocycles. The number of allylic oxidation sites excluding steroid dienone is 1. The molecule has 3 heteroatoms. The molecule has 0 bridgehead atoms. The molecule has 22 heavy (non-hydrogen) atoms. The first-order valence-electron chi connectivity index (χ1n) is 6.94. The van der Waals surface area contributed by atoms with Gasteiger partial charge in [0.25, 0.3) is 0 Å². The Bertz CT molecular complexity index is 819. The van der Waals surface area contributed by atoms with E-state index in [9.17, 15) is 4.79 Å². The molecule has 0 aliphatic carbocycles. The summed E-state index contributed by atoms with van der Waals surface area (Å²) in [6.07, 6.45) is 7.35. The minimum Gasteiger partial charge on any atom is -0.324 e. The third-order valence-electron chi connectivity index (χ3n) is 3.35. The van der Waals surface area contributed by atoms with Crippen molar-refractivity contribution in [1.29, 1.82) is 0 Å². The minimum absolute atomic E-state index is 0.00948. The van der Waals surface area contributed by atoms with Crippen molar-refractivity contribution >= 4 is 27.8 Å². The summed E-state index contributed by atoms with van der Waals surface area (Å²) in [6.45, 7) is 0. The molecule has 0 atom stereocenters. The number of nitrogens with zero attached hydrogens (tertiary/aromatic N) is 1. The SMILES string of the molecule is O=C(/C=C/c1ccccc1Br)c1cccc(-n2cccc2)c1. The lowest BCUT2D eigenvalue weighted by atomic mass is 10.1. The largest absolute Gasteiger partial charge is 0.324 e. The van der Waals surface area contributed by atoms with Gasteiger partial charge in [0, 0.05) is 28.1 Å². The predicted molar refractivity (Wildman–Crippen MR) is 93.3 cm³/mol. The highest BCUT2D eigenvalue weighted by atomic mass is 79.9.